The van der Waals surface area contributed by atoms with E-state index in [0.717, 1.165) is 16.6 Å². The van der Waals surface area contributed by atoms with Crippen molar-refractivity contribution in [2.75, 3.05) is 0 Å². The van der Waals surface area contributed by atoms with Crippen molar-refractivity contribution in [3.05, 3.63) is 16.4 Å². The number of rotatable bonds is 9. The fourth-order valence-corrected chi connectivity index (χ4v) is 2.86. The van der Waals surface area contributed by atoms with E-state index in [1.807, 2.05) is 17.9 Å². The van der Waals surface area contributed by atoms with Crippen molar-refractivity contribution in [2.45, 2.75) is 57.9 Å². The quantitative estimate of drug-likeness (QED) is 0.417. The molecule has 0 spiro atoms. The van der Waals surface area contributed by atoms with Gasteiger partial charge in [0.1, 0.15) is 0 Å². The minimum atomic E-state index is 0.179. The molecule has 0 aromatic carbocycles. The third-order valence-electron chi connectivity index (χ3n) is 3.32. The standard InChI is InChI=1S/C13H25BrN4/c1-3-4-5-6-7-8-9-12(17-15)13-11(14)10-16-18(13)2/h10,12,17H,3-9,15H2,1-2H3. The molecule has 0 aliphatic carbocycles. The maximum atomic E-state index is 5.65. The summed E-state index contributed by atoms with van der Waals surface area (Å²) in [6.07, 6.45) is 10.7. The minimum Gasteiger partial charge on any atom is -0.271 e. The highest BCUT2D eigenvalue weighted by molar-refractivity contribution is 9.10. The lowest BCUT2D eigenvalue weighted by molar-refractivity contribution is 0.450. The Kier molecular flexibility index (Phi) is 7.54. The van der Waals surface area contributed by atoms with Gasteiger partial charge in [0, 0.05) is 7.05 Å². The average molecular weight is 317 g/mol. The summed E-state index contributed by atoms with van der Waals surface area (Å²) in [5.41, 5.74) is 4.03. The molecule has 0 amide bonds. The Morgan fingerprint density at radius 1 is 1.33 bits per heavy atom. The second-order valence-corrected chi connectivity index (χ2v) is 5.63. The van der Waals surface area contributed by atoms with E-state index in [4.69, 9.17) is 5.84 Å². The van der Waals surface area contributed by atoms with Gasteiger partial charge in [-0.25, -0.2) is 0 Å². The summed E-state index contributed by atoms with van der Waals surface area (Å²) in [4.78, 5) is 0. The Bertz CT molecular complexity index is 318. The van der Waals surface area contributed by atoms with Crippen LogP contribution < -0.4 is 11.3 Å². The number of nitrogens with zero attached hydrogens (tertiary/aromatic N) is 2. The second kappa shape index (κ2) is 8.67. The van der Waals surface area contributed by atoms with Crippen molar-refractivity contribution in [3.8, 4) is 0 Å². The lowest BCUT2D eigenvalue weighted by Crippen LogP contribution is -2.29. The summed E-state index contributed by atoms with van der Waals surface area (Å²) in [5, 5.41) is 4.23. The van der Waals surface area contributed by atoms with Crippen LogP contribution in [0, 0.1) is 0 Å². The lowest BCUT2D eigenvalue weighted by Gasteiger charge is -2.16. The van der Waals surface area contributed by atoms with Gasteiger partial charge in [-0.15, -0.1) is 0 Å². The summed E-state index contributed by atoms with van der Waals surface area (Å²) >= 11 is 3.52. The molecule has 0 saturated carbocycles. The Morgan fingerprint density at radius 3 is 2.56 bits per heavy atom. The van der Waals surface area contributed by atoms with E-state index in [-0.39, 0.29) is 6.04 Å². The fraction of sp³-hybridized carbons (Fsp3) is 0.769. The van der Waals surface area contributed by atoms with Crippen LogP contribution in [-0.4, -0.2) is 9.78 Å². The number of unbranched alkanes of at least 4 members (excludes halogenated alkanes) is 5. The first kappa shape index (κ1) is 15.7. The van der Waals surface area contributed by atoms with Gasteiger partial charge in [-0.05, 0) is 22.4 Å². The van der Waals surface area contributed by atoms with Gasteiger partial charge in [0.2, 0.25) is 0 Å². The minimum absolute atomic E-state index is 0.179. The van der Waals surface area contributed by atoms with Gasteiger partial charge in [0.25, 0.3) is 0 Å². The molecule has 18 heavy (non-hydrogen) atoms. The smallest absolute Gasteiger partial charge is 0.0705 e. The van der Waals surface area contributed by atoms with Crippen molar-refractivity contribution < 1.29 is 0 Å². The van der Waals surface area contributed by atoms with E-state index in [1.54, 1.807) is 0 Å². The zero-order valence-corrected chi connectivity index (χ0v) is 13.0. The highest BCUT2D eigenvalue weighted by atomic mass is 79.9. The van der Waals surface area contributed by atoms with E-state index in [1.165, 1.54) is 38.5 Å². The van der Waals surface area contributed by atoms with Gasteiger partial charge in [-0.3, -0.25) is 16.0 Å². The zero-order valence-electron chi connectivity index (χ0n) is 11.5. The van der Waals surface area contributed by atoms with Crippen LogP contribution in [0.25, 0.3) is 0 Å². The molecule has 1 atom stereocenters. The van der Waals surface area contributed by atoms with E-state index in [2.05, 4.69) is 33.4 Å². The number of halogens is 1. The van der Waals surface area contributed by atoms with Crippen LogP contribution in [-0.2, 0) is 7.05 Å². The molecule has 5 heteroatoms. The van der Waals surface area contributed by atoms with Crippen LogP contribution >= 0.6 is 15.9 Å². The number of hydrogen-bond donors (Lipinski definition) is 2. The number of aryl methyl sites for hydroxylation is 1. The highest BCUT2D eigenvalue weighted by Gasteiger charge is 2.16. The number of hydrogen-bond acceptors (Lipinski definition) is 3. The summed E-state index contributed by atoms with van der Waals surface area (Å²) < 4.78 is 2.91. The fourth-order valence-electron chi connectivity index (χ4n) is 2.24. The van der Waals surface area contributed by atoms with Crippen LogP contribution in [0.2, 0.25) is 0 Å². The molecule has 4 nitrogen and oxygen atoms in total. The summed E-state index contributed by atoms with van der Waals surface area (Å²) in [6, 6.07) is 0.179. The van der Waals surface area contributed by atoms with Crippen molar-refractivity contribution in [3.63, 3.8) is 0 Å². The Hall–Kier alpha value is -0.390. The van der Waals surface area contributed by atoms with Crippen LogP contribution in [0.1, 0.15) is 63.6 Å². The summed E-state index contributed by atoms with van der Waals surface area (Å²) in [5.74, 6) is 5.65. The Morgan fingerprint density at radius 2 is 2.00 bits per heavy atom. The molecule has 1 rings (SSSR count). The van der Waals surface area contributed by atoms with Crippen LogP contribution in [0.5, 0.6) is 0 Å². The van der Waals surface area contributed by atoms with E-state index in [0.29, 0.717) is 0 Å². The van der Waals surface area contributed by atoms with Gasteiger partial charge in [-0.1, -0.05) is 45.4 Å². The van der Waals surface area contributed by atoms with Gasteiger partial charge in [0.05, 0.1) is 22.4 Å². The second-order valence-electron chi connectivity index (χ2n) is 4.78. The first-order valence-corrected chi connectivity index (χ1v) is 7.63. The molecule has 0 fully saturated rings. The van der Waals surface area contributed by atoms with Gasteiger partial charge < -0.3 is 0 Å². The number of nitrogens with two attached hydrogens (primary N) is 1. The van der Waals surface area contributed by atoms with Gasteiger partial charge in [0.15, 0.2) is 0 Å². The summed E-state index contributed by atoms with van der Waals surface area (Å²) in [7, 11) is 1.95. The van der Waals surface area contributed by atoms with Gasteiger partial charge >= 0.3 is 0 Å². The predicted molar refractivity (Wildman–Crippen MR) is 79.0 cm³/mol. The molecule has 1 aromatic rings. The summed E-state index contributed by atoms with van der Waals surface area (Å²) in [6.45, 7) is 2.24. The maximum Gasteiger partial charge on any atom is 0.0705 e. The number of aromatic nitrogens is 2. The van der Waals surface area contributed by atoms with Crippen molar-refractivity contribution in [1.82, 2.24) is 15.2 Å². The van der Waals surface area contributed by atoms with Crippen molar-refractivity contribution in [2.24, 2.45) is 12.9 Å². The van der Waals surface area contributed by atoms with Crippen LogP contribution in [0.15, 0.2) is 10.7 Å². The monoisotopic (exact) mass is 316 g/mol. The van der Waals surface area contributed by atoms with Gasteiger partial charge in [-0.2, -0.15) is 5.10 Å². The molecule has 0 saturated heterocycles. The molecule has 0 aliphatic rings. The number of hydrazine groups is 1. The third-order valence-corrected chi connectivity index (χ3v) is 3.93. The normalized spacial score (nSPS) is 12.9. The molecule has 104 valence electrons. The Labute approximate surface area is 118 Å². The van der Waals surface area contributed by atoms with Crippen molar-refractivity contribution in [1.29, 1.82) is 0 Å². The van der Waals surface area contributed by atoms with E-state index < -0.39 is 0 Å². The maximum absolute atomic E-state index is 5.65. The van der Waals surface area contributed by atoms with Crippen LogP contribution in [0.3, 0.4) is 0 Å². The molecule has 0 aliphatic heterocycles. The molecule has 1 unspecified atom stereocenters. The third kappa shape index (κ3) is 4.71. The van der Waals surface area contributed by atoms with E-state index in [9.17, 15) is 0 Å². The molecule has 1 heterocycles. The molecule has 0 radical (unpaired) electrons. The van der Waals surface area contributed by atoms with E-state index >= 15 is 0 Å². The topological polar surface area (TPSA) is 55.9 Å². The highest BCUT2D eigenvalue weighted by Crippen LogP contribution is 2.26. The first-order valence-electron chi connectivity index (χ1n) is 6.84. The Balaban J connectivity index is 2.34. The molecular weight excluding hydrogens is 292 g/mol. The predicted octanol–water partition coefficient (Wildman–Crippen LogP) is 3.44. The average Bonchev–Trinajstić information content (AvgIpc) is 2.69. The van der Waals surface area contributed by atoms with Crippen molar-refractivity contribution >= 4 is 15.9 Å². The largest absolute Gasteiger partial charge is 0.271 e. The lowest BCUT2D eigenvalue weighted by atomic mass is 10.0. The first-order chi connectivity index (χ1) is 8.70. The molecule has 3 N–H and O–H groups in total. The zero-order chi connectivity index (χ0) is 13.4. The molecule has 0 bridgehead atoms. The van der Waals surface area contributed by atoms with Crippen LogP contribution in [0.4, 0.5) is 0 Å². The molecule has 1 aromatic heterocycles. The SMILES string of the molecule is CCCCCCCCC(NN)c1c(Br)cnn1C. The molecular formula is C13H25BrN4. The number of nitrogens with one attached hydrogen (secondary N) is 1.